The monoisotopic (exact) mass is 295 g/mol. The molecular weight excluding hydrogens is 274 g/mol. The van der Waals surface area contributed by atoms with Crippen molar-refractivity contribution in [2.45, 2.75) is 26.0 Å². The van der Waals surface area contributed by atoms with Crippen LogP contribution in [0.3, 0.4) is 0 Å². The van der Waals surface area contributed by atoms with Crippen LogP contribution in [0.25, 0.3) is 0 Å². The molecule has 1 aromatic rings. The first-order valence-electron chi connectivity index (χ1n) is 6.63. The number of nitrogens with zero attached hydrogens (tertiary/aromatic N) is 1. The molecule has 110 valence electrons. The van der Waals surface area contributed by atoms with Crippen molar-refractivity contribution < 1.29 is 13.2 Å². The Kier molecular flexibility index (Phi) is 5.95. The third kappa shape index (κ3) is 3.93. The standard InChI is InChI=1S/C15H21NO3S/c1-4-6-12-20(18,19)13(3)15(17)16(5-2)14-10-8-7-9-11-14/h4,6-11,13H,5,12H2,1-3H3/b6-4+. The van der Waals surface area contributed by atoms with Gasteiger partial charge in [-0.1, -0.05) is 30.4 Å². The van der Waals surface area contributed by atoms with E-state index in [1.54, 1.807) is 31.2 Å². The lowest BCUT2D eigenvalue weighted by molar-refractivity contribution is -0.117. The molecule has 4 nitrogen and oxygen atoms in total. The zero-order chi connectivity index (χ0) is 15.2. The number of para-hydroxylation sites is 1. The second kappa shape index (κ2) is 7.24. The summed E-state index contributed by atoms with van der Waals surface area (Å²) in [5.74, 6) is -0.494. The van der Waals surface area contributed by atoms with Crippen LogP contribution in [-0.4, -0.2) is 31.9 Å². The third-order valence-electron chi connectivity index (χ3n) is 3.10. The normalized spacial score (nSPS) is 13.3. The van der Waals surface area contributed by atoms with Crippen molar-refractivity contribution in [3.05, 3.63) is 42.5 Å². The number of carbonyl (C=O) groups is 1. The molecule has 0 radical (unpaired) electrons. The van der Waals surface area contributed by atoms with Crippen molar-refractivity contribution in [2.24, 2.45) is 0 Å². The number of benzene rings is 1. The lowest BCUT2D eigenvalue weighted by Gasteiger charge is -2.24. The van der Waals surface area contributed by atoms with E-state index in [9.17, 15) is 13.2 Å². The highest BCUT2D eigenvalue weighted by atomic mass is 32.2. The summed E-state index contributed by atoms with van der Waals surface area (Å²) in [6.07, 6.45) is 3.22. The molecule has 0 fully saturated rings. The minimum atomic E-state index is -3.46. The van der Waals surface area contributed by atoms with Crippen LogP contribution < -0.4 is 4.90 Å². The summed E-state index contributed by atoms with van der Waals surface area (Å²) in [6, 6.07) is 9.10. The van der Waals surface area contributed by atoms with Crippen molar-refractivity contribution in [3.63, 3.8) is 0 Å². The molecular formula is C15H21NO3S. The van der Waals surface area contributed by atoms with Crippen LogP contribution in [0.15, 0.2) is 42.5 Å². The number of allylic oxidation sites excluding steroid dienone is 1. The average Bonchev–Trinajstić information content (AvgIpc) is 2.46. The summed E-state index contributed by atoms with van der Waals surface area (Å²) in [6.45, 7) is 5.47. The molecule has 0 aliphatic heterocycles. The van der Waals surface area contributed by atoms with Gasteiger partial charge in [-0.25, -0.2) is 8.42 Å². The Balaban J connectivity index is 2.97. The molecule has 0 N–H and O–H groups in total. The predicted octanol–water partition coefficient (Wildman–Crippen LogP) is 2.42. The molecule has 0 saturated heterocycles. The molecule has 0 aromatic heterocycles. The van der Waals surface area contributed by atoms with Crippen molar-refractivity contribution in [1.82, 2.24) is 0 Å². The number of sulfone groups is 1. The molecule has 0 aliphatic carbocycles. The van der Waals surface area contributed by atoms with Crippen LogP contribution in [-0.2, 0) is 14.6 Å². The molecule has 1 atom stereocenters. The van der Waals surface area contributed by atoms with E-state index in [0.29, 0.717) is 12.2 Å². The molecule has 1 unspecified atom stereocenters. The Morgan fingerprint density at radius 1 is 1.30 bits per heavy atom. The highest BCUT2D eigenvalue weighted by Gasteiger charge is 2.30. The van der Waals surface area contributed by atoms with E-state index in [0.717, 1.165) is 0 Å². The first-order valence-corrected chi connectivity index (χ1v) is 8.34. The molecule has 0 spiro atoms. The lowest BCUT2D eigenvalue weighted by Crippen LogP contribution is -2.42. The van der Waals surface area contributed by atoms with E-state index < -0.39 is 15.1 Å². The lowest BCUT2D eigenvalue weighted by atomic mass is 10.2. The Hall–Kier alpha value is -1.62. The van der Waals surface area contributed by atoms with Gasteiger partial charge in [0.05, 0.1) is 5.75 Å². The first kappa shape index (κ1) is 16.4. The Morgan fingerprint density at radius 3 is 2.40 bits per heavy atom. The van der Waals surface area contributed by atoms with Crippen LogP contribution in [0.1, 0.15) is 20.8 Å². The van der Waals surface area contributed by atoms with Gasteiger partial charge in [0.15, 0.2) is 9.84 Å². The van der Waals surface area contributed by atoms with Crippen molar-refractivity contribution >= 4 is 21.4 Å². The van der Waals surface area contributed by atoms with E-state index in [2.05, 4.69) is 0 Å². The molecule has 1 amide bonds. The van der Waals surface area contributed by atoms with E-state index in [-0.39, 0.29) is 11.7 Å². The number of anilines is 1. The van der Waals surface area contributed by atoms with Crippen LogP contribution in [0.2, 0.25) is 0 Å². The highest BCUT2D eigenvalue weighted by Crippen LogP contribution is 2.16. The van der Waals surface area contributed by atoms with Gasteiger partial charge >= 0.3 is 0 Å². The highest BCUT2D eigenvalue weighted by molar-refractivity contribution is 7.92. The fourth-order valence-electron chi connectivity index (χ4n) is 1.82. The summed E-state index contributed by atoms with van der Waals surface area (Å²) in [5, 5.41) is -1.04. The smallest absolute Gasteiger partial charge is 0.245 e. The quantitative estimate of drug-likeness (QED) is 0.757. The van der Waals surface area contributed by atoms with Gasteiger partial charge in [-0.3, -0.25) is 4.79 Å². The number of hydrogen-bond donors (Lipinski definition) is 0. The largest absolute Gasteiger partial charge is 0.312 e. The maximum atomic E-state index is 12.4. The summed E-state index contributed by atoms with van der Waals surface area (Å²) in [7, 11) is -3.46. The minimum absolute atomic E-state index is 0.108. The zero-order valence-electron chi connectivity index (χ0n) is 12.1. The molecule has 0 saturated carbocycles. The van der Waals surface area contributed by atoms with Crippen molar-refractivity contribution in [1.29, 1.82) is 0 Å². The number of carbonyl (C=O) groups excluding carboxylic acids is 1. The van der Waals surface area contributed by atoms with E-state index in [1.165, 1.54) is 11.8 Å². The van der Waals surface area contributed by atoms with Gasteiger partial charge in [0, 0.05) is 12.2 Å². The molecule has 1 aromatic carbocycles. The Bertz CT molecular complexity index is 564. The van der Waals surface area contributed by atoms with Gasteiger partial charge in [0.25, 0.3) is 0 Å². The summed E-state index contributed by atoms with van der Waals surface area (Å²) in [5.41, 5.74) is 0.716. The van der Waals surface area contributed by atoms with Crippen LogP contribution >= 0.6 is 0 Å². The fraction of sp³-hybridized carbons (Fsp3) is 0.400. The average molecular weight is 295 g/mol. The second-order valence-corrected chi connectivity index (χ2v) is 6.82. The van der Waals surface area contributed by atoms with Gasteiger partial charge in [-0.15, -0.1) is 0 Å². The maximum Gasteiger partial charge on any atom is 0.245 e. The number of hydrogen-bond acceptors (Lipinski definition) is 3. The molecule has 1 rings (SSSR count). The second-order valence-electron chi connectivity index (χ2n) is 4.46. The predicted molar refractivity (Wildman–Crippen MR) is 82.5 cm³/mol. The van der Waals surface area contributed by atoms with Crippen molar-refractivity contribution in [3.8, 4) is 0 Å². The van der Waals surface area contributed by atoms with Crippen LogP contribution in [0.4, 0.5) is 5.69 Å². The van der Waals surface area contributed by atoms with E-state index in [4.69, 9.17) is 0 Å². The maximum absolute atomic E-state index is 12.4. The van der Waals surface area contributed by atoms with Crippen molar-refractivity contribution in [2.75, 3.05) is 17.2 Å². The Labute approximate surface area is 121 Å². The SMILES string of the molecule is C/C=C/CS(=O)(=O)C(C)C(=O)N(CC)c1ccccc1. The summed E-state index contributed by atoms with van der Waals surface area (Å²) < 4.78 is 24.2. The molecule has 5 heteroatoms. The van der Waals surface area contributed by atoms with Gasteiger partial charge in [-0.2, -0.15) is 0 Å². The van der Waals surface area contributed by atoms with Crippen LogP contribution in [0.5, 0.6) is 0 Å². The van der Waals surface area contributed by atoms with Gasteiger partial charge in [0.2, 0.25) is 5.91 Å². The molecule has 0 aliphatic rings. The molecule has 20 heavy (non-hydrogen) atoms. The fourth-order valence-corrected chi connectivity index (χ4v) is 3.01. The summed E-state index contributed by atoms with van der Waals surface area (Å²) >= 11 is 0. The van der Waals surface area contributed by atoms with Crippen LogP contribution in [0, 0.1) is 0 Å². The zero-order valence-corrected chi connectivity index (χ0v) is 12.9. The minimum Gasteiger partial charge on any atom is -0.312 e. The van der Waals surface area contributed by atoms with Gasteiger partial charge < -0.3 is 4.90 Å². The number of amides is 1. The third-order valence-corrected chi connectivity index (χ3v) is 5.04. The van der Waals surface area contributed by atoms with Gasteiger partial charge in [-0.05, 0) is 32.9 Å². The number of rotatable bonds is 6. The van der Waals surface area contributed by atoms with Gasteiger partial charge in [0.1, 0.15) is 5.25 Å². The first-order chi connectivity index (χ1) is 9.44. The topological polar surface area (TPSA) is 54.5 Å². The summed E-state index contributed by atoms with van der Waals surface area (Å²) in [4.78, 5) is 13.9. The van der Waals surface area contributed by atoms with E-state index in [1.807, 2.05) is 25.1 Å². The Morgan fingerprint density at radius 2 is 1.90 bits per heavy atom. The molecule has 0 bridgehead atoms. The van der Waals surface area contributed by atoms with E-state index >= 15 is 0 Å². The molecule has 0 heterocycles.